The first kappa shape index (κ1) is 17.9. The minimum Gasteiger partial charge on any atom is -0.483 e. The van der Waals surface area contributed by atoms with Crippen LogP contribution in [-0.2, 0) is 22.6 Å². The van der Waals surface area contributed by atoms with Gasteiger partial charge in [0.05, 0.1) is 12.7 Å². The molecule has 0 aliphatic rings. The van der Waals surface area contributed by atoms with Crippen molar-refractivity contribution >= 4 is 12.4 Å². The SMILES string of the molecule is O=C(Cc1cnc[nH]1)NCc1ccccc1-c1ccccc1.O=CO. The summed E-state index contributed by atoms with van der Waals surface area (Å²) in [6.45, 7) is 0.262. The summed E-state index contributed by atoms with van der Waals surface area (Å²) in [6.07, 6.45) is 3.55. The number of nitrogens with one attached hydrogen (secondary N) is 2. The zero-order valence-electron chi connectivity index (χ0n) is 13.6. The van der Waals surface area contributed by atoms with E-state index in [4.69, 9.17) is 9.90 Å². The maximum atomic E-state index is 12.0. The molecule has 0 aliphatic carbocycles. The maximum Gasteiger partial charge on any atom is 0.290 e. The van der Waals surface area contributed by atoms with Gasteiger partial charge in [-0.15, -0.1) is 0 Å². The highest BCUT2D eigenvalue weighted by molar-refractivity contribution is 5.78. The third-order valence-electron chi connectivity index (χ3n) is 3.48. The summed E-state index contributed by atoms with van der Waals surface area (Å²) in [6, 6.07) is 18.3. The monoisotopic (exact) mass is 337 g/mol. The van der Waals surface area contributed by atoms with E-state index in [-0.39, 0.29) is 12.4 Å². The van der Waals surface area contributed by atoms with Crippen molar-refractivity contribution in [2.24, 2.45) is 0 Å². The van der Waals surface area contributed by atoms with Gasteiger partial charge in [-0.05, 0) is 16.7 Å². The summed E-state index contributed by atoms with van der Waals surface area (Å²) in [5, 5.41) is 9.85. The highest BCUT2D eigenvalue weighted by Crippen LogP contribution is 2.23. The number of imidazole rings is 1. The van der Waals surface area contributed by atoms with E-state index in [1.54, 1.807) is 12.5 Å². The number of hydrogen-bond donors (Lipinski definition) is 3. The molecule has 3 N–H and O–H groups in total. The van der Waals surface area contributed by atoms with Crippen molar-refractivity contribution in [3.63, 3.8) is 0 Å². The zero-order chi connectivity index (χ0) is 17.9. The first-order valence-electron chi connectivity index (χ1n) is 7.69. The standard InChI is InChI=1S/C18H17N3O.CH2O2/c22-18(10-16-12-19-13-21-16)20-11-15-8-4-5-9-17(15)14-6-2-1-3-7-14;2-1-3/h1-9,12-13H,10-11H2,(H,19,21)(H,20,22);1H,(H,2,3). The topological polar surface area (TPSA) is 95.1 Å². The second-order valence-electron chi connectivity index (χ2n) is 5.16. The van der Waals surface area contributed by atoms with Crippen LogP contribution >= 0.6 is 0 Å². The molecule has 1 aromatic heterocycles. The Morgan fingerprint density at radius 1 is 1.12 bits per heavy atom. The Morgan fingerprint density at radius 3 is 2.48 bits per heavy atom. The van der Waals surface area contributed by atoms with Crippen LogP contribution in [0.15, 0.2) is 67.1 Å². The Labute approximate surface area is 145 Å². The number of amides is 1. The van der Waals surface area contributed by atoms with E-state index in [0.29, 0.717) is 13.0 Å². The Hall–Kier alpha value is -3.41. The molecule has 128 valence electrons. The van der Waals surface area contributed by atoms with Gasteiger partial charge in [0.15, 0.2) is 0 Å². The van der Waals surface area contributed by atoms with Crippen molar-refractivity contribution < 1.29 is 14.7 Å². The average molecular weight is 337 g/mol. The number of carbonyl (C=O) groups excluding carboxylic acids is 1. The van der Waals surface area contributed by atoms with Crippen LogP contribution in [0.25, 0.3) is 11.1 Å². The Bertz CT molecular complexity index is 787. The highest BCUT2D eigenvalue weighted by Gasteiger charge is 2.07. The quantitative estimate of drug-likeness (QED) is 0.624. The molecule has 0 fully saturated rings. The fourth-order valence-electron chi connectivity index (χ4n) is 2.38. The molecule has 6 heteroatoms. The van der Waals surface area contributed by atoms with E-state index in [9.17, 15) is 4.79 Å². The second kappa shape index (κ2) is 9.67. The lowest BCUT2D eigenvalue weighted by Crippen LogP contribution is -2.24. The minimum atomic E-state index is -0.250. The molecule has 3 rings (SSSR count). The smallest absolute Gasteiger partial charge is 0.290 e. The number of benzene rings is 2. The van der Waals surface area contributed by atoms with Gasteiger partial charge < -0.3 is 15.4 Å². The van der Waals surface area contributed by atoms with Gasteiger partial charge in [-0.1, -0.05) is 54.6 Å². The number of carbonyl (C=O) groups is 2. The number of nitrogens with zero attached hydrogens (tertiary/aromatic N) is 1. The summed E-state index contributed by atoms with van der Waals surface area (Å²) in [5.74, 6) is -0.0212. The fraction of sp³-hybridized carbons (Fsp3) is 0.105. The zero-order valence-corrected chi connectivity index (χ0v) is 13.6. The van der Waals surface area contributed by atoms with E-state index in [1.165, 1.54) is 0 Å². The molecule has 1 heterocycles. The molecule has 2 aromatic carbocycles. The van der Waals surface area contributed by atoms with Crippen LogP contribution < -0.4 is 5.32 Å². The number of rotatable bonds is 5. The van der Waals surface area contributed by atoms with Gasteiger partial charge in [-0.3, -0.25) is 9.59 Å². The highest BCUT2D eigenvalue weighted by atomic mass is 16.3. The summed E-state index contributed by atoms with van der Waals surface area (Å²) in [5.41, 5.74) is 4.21. The molecule has 0 atom stereocenters. The van der Waals surface area contributed by atoms with Gasteiger partial charge >= 0.3 is 0 Å². The Kier molecular flexibility index (Phi) is 6.94. The lowest BCUT2D eigenvalue weighted by molar-refractivity contribution is -0.123. The van der Waals surface area contributed by atoms with Gasteiger partial charge in [0.1, 0.15) is 0 Å². The van der Waals surface area contributed by atoms with Crippen molar-refractivity contribution in [3.05, 3.63) is 78.4 Å². The number of aromatic nitrogens is 2. The number of hydrogen-bond acceptors (Lipinski definition) is 3. The van der Waals surface area contributed by atoms with Crippen molar-refractivity contribution in [3.8, 4) is 11.1 Å². The first-order chi connectivity index (χ1) is 12.2. The van der Waals surface area contributed by atoms with E-state index in [0.717, 1.165) is 22.4 Å². The van der Waals surface area contributed by atoms with Crippen molar-refractivity contribution in [1.29, 1.82) is 0 Å². The van der Waals surface area contributed by atoms with Crippen LogP contribution in [0.3, 0.4) is 0 Å². The Morgan fingerprint density at radius 2 is 1.80 bits per heavy atom. The minimum absolute atomic E-state index is 0.0212. The molecule has 0 radical (unpaired) electrons. The van der Waals surface area contributed by atoms with Crippen LogP contribution in [0.2, 0.25) is 0 Å². The average Bonchev–Trinajstić information content (AvgIpc) is 3.15. The number of H-pyrrole nitrogens is 1. The molecule has 25 heavy (non-hydrogen) atoms. The lowest BCUT2D eigenvalue weighted by Gasteiger charge is -2.10. The first-order valence-corrected chi connectivity index (χ1v) is 7.69. The summed E-state index contributed by atoms with van der Waals surface area (Å²) in [7, 11) is 0. The van der Waals surface area contributed by atoms with Gasteiger partial charge in [0, 0.05) is 18.4 Å². The third-order valence-corrected chi connectivity index (χ3v) is 3.48. The van der Waals surface area contributed by atoms with E-state index in [1.807, 2.05) is 36.4 Å². The van der Waals surface area contributed by atoms with Crippen LogP contribution in [0, 0.1) is 0 Å². The normalized spacial score (nSPS) is 9.60. The molecule has 0 spiro atoms. The van der Waals surface area contributed by atoms with Gasteiger partial charge in [-0.25, -0.2) is 4.98 Å². The molecule has 0 aliphatic heterocycles. The van der Waals surface area contributed by atoms with Crippen molar-refractivity contribution in [1.82, 2.24) is 15.3 Å². The summed E-state index contributed by atoms with van der Waals surface area (Å²) in [4.78, 5) is 27.2. The van der Waals surface area contributed by atoms with E-state index in [2.05, 4.69) is 33.5 Å². The van der Waals surface area contributed by atoms with Crippen LogP contribution in [-0.4, -0.2) is 27.5 Å². The van der Waals surface area contributed by atoms with Gasteiger partial charge in [0.2, 0.25) is 5.91 Å². The molecule has 3 aromatic rings. The molecule has 0 unspecified atom stereocenters. The van der Waals surface area contributed by atoms with Crippen LogP contribution in [0.4, 0.5) is 0 Å². The van der Waals surface area contributed by atoms with E-state index < -0.39 is 0 Å². The molecule has 0 saturated heterocycles. The molecule has 0 saturated carbocycles. The third kappa shape index (κ3) is 5.62. The fourth-order valence-corrected chi connectivity index (χ4v) is 2.38. The molecule has 1 amide bonds. The molecular weight excluding hydrogens is 318 g/mol. The lowest BCUT2D eigenvalue weighted by atomic mass is 10.00. The predicted molar refractivity (Wildman–Crippen MR) is 94.7 cm³/mol. The molecule has 6 nitrogen and oxygen atoms in total. The molecule has 0 bridgehead atoms. The Balaban J connectivity index is 0.000000701. The predicted octanol–water partition coefficient (Wildman–Crippen LogP) is 2.64. The van der Waals surface area contributed by atoms with Gasteiger partial charge in [0.25, 0.3) is 6.47 Å². The van der Waals surface area contributed by atoms with Gasteiger partial charge in [-0.2, -0.15) is 0 Å². The van der Waals surface area contributed by atoms with E-state index >= 15 is 0 Å². The van der Waals surface area contributed by atoms with Crippen molar-refractivity contribution in [2.45, 2.75) is 13.0 Å². The van der Waals surface area contributed by atoms with Crippen molar-refractivity contribution in [2.75, 3.05) is 0 Å². The second-order valence-corrected chi connectivity index (χ2v) is 5.16. The summed E-state index contributed by atoms with van der Waals surface area (Å²) < 4.78 is 0. The molecular formula is C19H19N3O3. The largest absolute Gasteiger partial charge is 0.483 e. The van der Waals surface area contributed by atoms with Crippen LogP contribution in [0.1, 0.15) is 11.3 Å². The number of aromatic amines is 1. The summed E-state index contributed by atoms with van der Waals surface area (Å²) >= 11 is 0. The number of carboxylic acid groups (broad SMARTS) is 1. The maximum absolute atomic E-state index is 12.0. The van der Waals surface area contributed by atoms with Crippen LogP contribution in [0.5, 0.6) is 0 Å².